The number of aryl methyl sites for hydroxylation is 1. The lowest BCUT2D eigenvalue weighted by Gasteiger charge is -2.20. The van der Waals surface area contributed by atoms with Gasteiger partial charge in [-0.05, 0) is 26.1 Å². The van der Waals surface area contributed by atoms with E-state index in [2.05, 4.69) is 10.3 Å². The van der Waals surface area contributed by atoms with Crippen molar-refractivity contribution in [2.75, 3.05) is 25.5 Å². The number of rotatable bonds is 2. The minimum absolute atomic E-state index is 0.111. The maximum atomic E-state index is 12.9. The molecule has 0 aromatic carbocycles. The lowest BCUT2D eigenvalue weighted by Crippen LogP contribution is -2.36. The number of nitrogens with one attached hydrogen (secondary N) is 1. The number of carbonyl (C=O) groups excluding carboxylic acids is 1. The molecule has 0 spiro atoms. The van der Waals surface area contributed by atoms with Crippen LogP contribution in [-0.2, 0) is 4.79 Å². The molecule has 0 aliphatic carbocycles. The molecule has 1 aliphatic rings. The van der Waals surface area contributed by atoms with Gasteiger partial charge < -0.3 is 10.2 Å². The highest BCUT2D eigenvalue weighted by Gasteiger charge is 2.51. The van der Waals surface area contributed by atoms with E-state index >= 15 is 0 Å². The van der Waals surface area contributed by atoms with Gasteiger partial charge in [0.1, 0.15) is 0 Å². The number of likely N-dealkylation sites (tertiary alicyclic amines) is 1. The fourth-order valence-corrected chi connectivity index (χ4v) is 2.46. The number of aromatic nitrogens is 1. The van der Waals surface area contributed by atoms with Crippen molar-refractivity contribution in [3.63, 3.8) is 0 Å². The van der Waals surface area contributed by atoms with Gasteiger partial charge in [-0.3, -0.25) is 9.78 Å². The largest absolute Gasteiger partial charge is 0.393 e. The van der Waals surface area contributed by atoms with Crippen LogP contribution in [0.4, 0.5) is 18.9 Å². The van der Waals surface area contributed by atoms with Crippen molar-refractivity contribution in [3.05, 3.63) is 24.0 Å². The molecule has 2 heterocycles. The van der Waals surface area contributed by atoms with Crippen LogP contribution in [0.3, 0.4) is 0 Å². The Hall–Kier alpha value is -1.63. The number of halogens is 3. The first-order valence-electron chi connectivity index (χ1n) is 6.26. The third-order valence-corrected chi connectivity index (χ3v) is 3.42. The van der Waals surface area contributed by atoms with E-state index < -0.39 is 23.9 Å². The third-order valence-electron chi connectivity index (χ3n) is 3.42. The van der Waals surface area contributed by atoms with Crippen LogP contribution < -0.4 is 5.32 Å². The van der Waals surface area contributed by atoms with Crippen molar-refractivity contribution < 1.29 is 18.0 Å². The number of pyridine rings is 1. The van der Waals surface area contributed by atoms with E-state index in [-0.39, 0.29) is 13.1 Å². The number of nitrogens with zero attached hydrogens (tertiary/aromatic N) is 2. The van der Waals surface area contributed by atoms with Crippen molar-refractivity contribution in [1.29, 1.82) is 0 Å². The van der Waals surface area contributed by atoms with Crippen LogP contribution in [0.15, 0.2) is 18.3 Å². The van der Waals surface area contributed by atoms with Crippen LogP contribution in [0.2, 0.25) is 0 Å². The molecule has 0 unspecified atom stereocenters. The number of anilines is 1. The standard InChI is InChI=1S/C13H16F3N3O/c1-8-5-9(3-4-17-8)18-12(20)10-6-19(2)7-11(10)13(14,15)16/h3-5,10-11H,6-7H2,1-2H3,(H,17,18,20)/t10-,11-/m1/s1. The lowest BCUT2D eigenvalue weighted by atomic mass is 9.94. The van der Waals surface area contributed by atoms with Gasteiger partial charge in [0, 0.05) is 30.7 Å². The minimum atomic E-state index is -4.36. The van der Waals surface area contributed by atoms with E-state index in [1.54, 1.807) is 26.1 Å². The smallest absolute Gasteiger partial charge is 0.326 e. The zero-order valence-electron chi connectivity index (χ0n) is 11.2. The fourth-order valence-electron chi connectivity index (χ4n) is 2.46. The van der Waals surface area contributed by atoms with Crippen LogP contribution in [0.5, 0.6) is 0 Å². The number of carbonyl (C=O) groups is 1. The summed E-state index contributed by atoms with van der Waals surface area (Å²) in [5.41, 5.74) is 1.16. The summed E-state index contributed by atoms with van der Waals surface area (Å²) in [6, 6.07) is 3.19. The summed E-state index contributed by atoms with van der Waals surface area (Å²) in [6.45, 7) is 1.72. The Labute approximate surface area is 115 Å². The Bertz CT molecular complexity index is 504. The average molecular weight is 287 g/mol. The third kappa shape index (κ3) is 3.27. The zero-order valence-corrected chi connectivity index (χ0v) is 11.2. The Morgan fingerprint density at radius 3 is 2.75 bits per heavy atom. The molecule has 0 saturated carbocycles. The quantitative estimate of drug-likeness (QED) is 0.905. The predicted molar refractivity (Wildman–Crippen MR) is 68.1 cm³/mol. The normalized spacial score (nSPS) is 23.9. The van der Waals surface area contributed by atoms with Gasteiger partial charge in [-0.25, -0.2) is 0 Å². The lowest BCUT2D eigenvalue weighted by molar-refractivity contribution is -0.182. The van der Waals surface area contributed by atoms with Gasteiger partial charge in [0.15, 0.2) is 0 Å². The molecule has 7 heteroatoms. The van der Waals surface area contributed by atoms with E-state index in [9.17, 15) is 18.0 Å². The monoisotopic (exact) mass is 287 g/mol. The van der Waals surface area contributed by atoms with Crippen molar-refractivity contribution >= 4 is 11.6 Å². The molecule has 2 atom stereocenters. The highest BCUT2D eigenvalue weighted by Crippen LogP contribution is 2.37. The maximum Gasteiger partial charge on any atom is 0.393 e. The molecular weight excluding hydrogens is 271 g/mol. The van der Waals surface area contributed by atoms with E-state index in [4.69, 9.17) is 0 Å². The van der Waals surface area contributed by atoms with Gasteiger partial charge in [-0.15, -0.1) is 0 Å². The van der Waals surface area contributed by atoms with Gasteiger partial charge in [0.2, 0.25) is 5.91 Å². The van der Waals surface area contributed by atoms with E-state index in [1.165, 1.54) is 11.1 Å². The first-order valence-corrected chi connectivity index (χ1v) is 6.26. The van der Waals surface area contributed by atoms with Crippen LogP contribution in [0.1, 0.15) is 5.69 Å². The highest BCUT2D eigenvalue weighted by atomic mass is 19.4. The van der Waals surface area contributed by atoms with Gasteiger partial charge in [0.25, 0.3) is 0 Å². The second kappa shape index (κ2) is 5.40. The van der Waals surface area contributed by atoms with Gasteiger partial charge >= 0.3 is 6.18 Å². The molecule has 4 nitrogen and oxygen atoms in total. The molecule has 1 aromatic rings. The molecule has 1 amide bonds. The molecular formula is C13H16F3N3O. The number of amides is 1. The second-order valence-electron chi connectivity index (χ2n) is 5.15. The molecule has 1 aromatic heterocycles. The average Bonchev–Trinajstić information content (AvgIpc) is 2.71. The van der Waals surface area contributed by atoms with Crippen molar-refractivity contribution in [2.45, 2.75) is 13.1 Å². The Morgan fingerprint density at radius 1 is 1.45 bits per heavy atom. The molecule has 1 fully saturated rings. The van der Waals surface area contributed by atoms with Crippen LogP contribution in [0, 0.1) is 18.8 Å². The second-order valence-corrected chi connectivity index (χ2v) is 5.15. The van der Waals surface area contributed by atoms with E-state index in [0.29, 0.717) is 11.4 Å². The molecule has 0 radical (unpaired) electrons. The first kappa shape index (κ1) is 14.8. The Kier molecular flexibility index (Phi) is 3.99. The van der Waals surface area contributed by atoms with Crippen LogP contribution in [0.25, 0.3) is 0 Å². The molecule has 1 saturated heterocycles. The summed E-state index contributed by atoms with van der Waals surface area (Å²) >= 11 is 0. The number of hydrogen-bond donors (Lipinski definition) is 1. The summed E-state index contributed by atoms with van der Waals surface area (Å²) < 4.78 is 38.8. The summed E-state index contributed by atoms with van der Waals surface area (Å²) in [4.78, 5) is 17.6. The summed E-state index contributed by atoms with van der Waals surface area (Å²) in [6.07, 6.45) is -2.85. The number of hydrogen-bond acceptors (Lipinski definition) is 3. The molecule has 2 rings (SSSR count). The SMILES string of the molecule is Cc1cc(NC(=O)[C@@H]2CN(C)C[C@H]2C(F)(F)F)ccn1. The molecule has 1 N–H and O–H groups in total. The predicted octanol–water partition coefficient (Wildman–Crippen LogP) is 2.07. The van der Waals surface area contributed by atoms with Gasteiger partial charge in [0.05, 0.1) is 11.8 Å². The van der Waals surface area contributed by atoms with E-state index in [1.807, 2.05) is 0 Å². The van der Waals surface area contributed by atoms with Crippen molar-refractivity contribution in [2.24, 2.45) is 11.8 Å². The Balaban J connectivity index is 2.11. The highest BCUT2D eigenvalue weighted by molar-refractivity contribution is 5.93. The summed E-state index contributed by atoms with van der Waals surface area (Å²) in [5, 5.41) is 2.54. The molecule has 110 valence electrons. The fraction of sp³-hybridized carbons (Fsp3) is 0.538. The van der Waals surface area contributed by atoms with Crippen LogP contribution >= 0.6 is 0 Å². The van der Waals surface area contributed by atoms with Gasteiger partial charge in [-0.1, -0.05) is 0 Å². The maximum absolute atomic E-state index is 12.9. The summed E-state index contributed by atoms with van der Waals surface area (Å²) in [5.74, 6) is -3.29. The first-order chi connectivity index (χ1) is 9.27. The minimum Gasteiger partial charge on any atom is -0.326 e. The van der Waals surface area contributed by atoms with Crippen molar-refractivity contribution in [1.82, 2.24) is 9.88 Å². The summed E-state index contributed by atoms with van der Waals surface area (Å²) in [7, 11) is 1.59. The molecule has 20 heavy (non-hydrogen) atoms. The van der Waals surface area contributed by atoms with Crippen molar-refractivity contribution in [3.8, 4) is 0 Å². The number of alkyl halides is 3. The Morgan fingerprint density at radius 2 is 2.15 bits per heavy atom. The zero-order chi connectivity index (χ0) is 14.9. The van der Waals surface area contributed by atoms with Crippen LogP contribution in [-0.4, -0.2) is 42.1 Å². The van der Waals surface area contributed by atoms with Gasteiger partial charge in [-0.2, -0.15) is 13.2 Å². The molecule has 1 aliphatic heterocycles. The topological polar surface area (TPSA) is 45.2 Å². The van der Waals surface area contributed by atoms with E-state index in [0.717, 1.165) is 0 Å². The molecule has 0 bridgehead atoms.